The first-order chi connectivity index (χ1) is 10.3. The summed E-state index contributed by atoms with van der Waals surface area (Å²) in [6, 6.07) is 0. The second-order valence-electron chi connectivity index (χ2n) is 9.24. The highest BCUT2D eigenvalue weighted by molar-refractivity contribution is 5.91. The molecule has 0 bridgehead atoms. The topological polar surface area (TPSA) is 37.3 Å². The van der Waals surface area contributed by atoms with E-state index in [4.69, 9.17) is 0 Å². The number of aliphatic hydroxyl groups is 1. The van der Waals surface area contributed by atoms with E-state index in [2.05, 4.69) is 20.8 Å². The van der Waals surface area contributed by atoms with E-state index in [-0.39, 0.29) is 10.8 Å². The molecule has 0 aliphatic heterocycles. The summed E-state index contributed by atoms with van der Waals surface area (Å²) < 4.78 is 0. The van der Waals surface area contributed by atoms with Gasteiger partial charge < -0.3 is 5.11 Å². The van der Waals surface area contributed by atoms with Crippen LogP contribution < -0.4 is 0 Å². The molecule has 1 N–H and O–H groups in total. The quantitative estimate of drug-likeness (QED) is 0.725. The average molecular weight is 302 g/mol. The number of carbonyl (C=O) groups is 1. The third-order valence-electron chi connectivity index (χ3n) is 8.52. The van der Waals surface area contributed by atoms with Crippen molar-refractivity contribution >= 4 is 5.78 Å². The van der Waals surface area contributed by atoms with Crippen molar-refractivity contribution in [2.24, 2.45) is 28.6 Å². The Balaban J connectivity index is 1.70. The summed E-state index contributed by atoms with van der Waals surface area (Å²) in [6.07, 6.45) is 10.7. The molecule has 4 aliphatic carbocycles. The smallest absolute Gasteiger partial charge is 0.155 e. The van der Waals surface area contributed by atoms with Crippen LogP contribution in [0.3, 0.4) is 0 Å². The Morgan fingerprint density at radius 1 is 1.00 bits per heavy atom. The second-order valence-corrected chi connectivity index (χ2v) is 9.24. The lowest BCUT2D eigenvalue weighted by molar-refractivity contribution is -0.124. The Labute approximate surface area is 134 Å². The van der Waals surface area contributed by atoms with Crippen molar-refractivity contribution in [2.75, 3.05) is 0 Å². The summed E-state index contributed by atoms with van der Waals surface area (Å²) in [6.45, 7) is 6.85. The predicted molar refractivity (Wildman–Crippen MR) is 87.3 cm³/mol. The van der Waals surface area contributed by atoms with Crippen molar-refractivity contribution in [3.63, 3.8) is 0 Å². The molecule has 0 saturated heterocycles. The molecule has 6 atom stereocenters. The molecule has 2 heteroatoms. The number of hydrogen-bond donors (Lipinski definition) is 1. The Kier molecular flexibility index (Phi) is 3.03. The lowest BCUT2D eigenvalue weighted by atomic mass is 9.46. The van der Waals surface area contributed by atoms with Crippen molar-refractivity contribution in [3.8, 4) is 0 Å². The molecule has 0 spiro atoms. The van der Waals surface area contributed by atoms with E-state index in [1.165, 1.54) is 24.8 Å². The first-order valence-electron chi connectivity index (χ1n) is 9.24. The molecular formula is C20H30O2. The maximum absolute atomic E-state index is 11.8. The third-order valence-corrected chi connectivity index (χ3v) is 8.52. The van der Waals surface area contributed by atoms with Crippen LogP contribution in [0.1, 0.15) is 72.1 Å². The van der Waals surface area contributed by atoms with Gasteiger partial charge in [-0.1, -0.05) is 19.4 Å². The van der Waals surface area contributed by atoms with E-state index in [0.717, 1.165) is 43.9 Å². The van der Waals surface area contributed by atoms with Crippen LogP contribution in [0, 0.1) is 28.6 Å². The van der Waals surface area contributed by atoms with E-state index in [1.807, 2.05) is 6.08 Å². The Bertz CT molecular complexity index is 546. The number of carbonyl (C=O) groups excluding carboxylic acids is 1. The van der Waals surface area contributed by atoms with Gasteiger partial charge in [-0.25, -0.2) is 0 Å². The average Bonchev–Trinajstić information content (AvgIpc) is 2.70. The minimum atomic E-state index is -0.484. The molecule has 4 aliphatic rings. The fourth-order valence-corrected chi connectivity index (χ4v) is 6.80. The maximum atomic E-state index is 11.8. The summed E-state index contributed by atoms with van der Waals surface area (Å²) in [4.78, 5) is 11.8. The molecule has 0 radical (unpaired) electrons. The Hall–Kier alpha value is -0.630. The number of allylic oxidation sites excluding steroid dienone is 1. The summed E-state index contributed by atoms with van der Waals surface area (Å²) in [5, 5.41) is 10.9. The molecule has 2 nitrogen and oxygen atoms in total. The van der Waals surface area contributed by atoms with E-state index in [0.29, 0.717) is 11.7 Å². The van der Waals surface area contributed by atoms with Crippen molar-refractivity contribution in [1.29, 1.82) is 0 Å². The molecule has 122 valence electrons. The van der Waals surface area contributed by atoms with Gasteiger partial charge in [-0.2, -0.15) is 0 Å². The lowest BCUT2D eigenvalue weighted by Gasteiger charge is -2.58. The van der Waals surface area contributed by atoms with Crippen LogP contribution in [-0.2, 0) is 4.79 Å². The highest BCUT2D eigenvalue weighted by Crippen LogP contribution is 2.67. The summed E-state index contributed by atoms with van der Waals surface area (Å²) >= 11 is 0. The summed E-state index contributed by atoms with van der Waals surface area (Å²) in [7, 11) is 0. The molecule has 4 rings (SSSR count). The summed E-state index contributed by atoms with van der Waals surface area (Å²) in [5.74, 6) is 2.50. The van der Waals surface area contributed by atoms with Gasteiger partial charge in [0.25, 0.3) is 0 Å². The van der Waals surface area contributed by atoms with E-state index < -0.39 is 5.60 Å². The lowest BCUT2D eigenvalue weighted by Crippen LogP contribution is -2.53. The highest BCUT2D eigenvalue weighted by Gasteiger charge is 2.62. The minimum Gasteiger partial charge on any atom is -0.390 e. The normalized spacial score (nSPS) is 54.3. The summed E-state index contributed by atoms with van der Waals surface area (Å²) in [5.41, 5.74) is 1.32. The standard InChI is InChI=1S/C20H30O2/c1-18-9-6-14(21)12-13(18)4-5-15-16(18)7-10-19(2)17(15)8-11-20(19,3)22/h12,15-17,22H,4-11H2,1-3H3/t15-,16+,17+,18-,19-,20-/m0/s1. The molecule has 0 heterocycles. The first-order valence-corrected chi connectivity index (χ1v) is 9.24. The van der Waals surface area contributed by atoms with Crippen LogP contribution in [0.2, 0.25) is 0 Å². The second kappa shape index (κ2) is 4.47. The van der Waals surface area contributed by atoms with Crippen LogP contribution in [0.5, 0.6) is 0 Å². The van der Waals surface area contributed by atoms with Crippen molar-refractivity contribution in [2.45, 2.75) is 77.7 Å². The maximum Gasteiger partial charge on any atom is 0.155 e. The fourth-order valence-electron chi connectivity index (χ4n) is 6.80. The monoisotopic (exact) mass is 302 g/mol. The number of rotatable bonds is 0. The van der Waals surface area contributed by atoms with Crippen LogP contribution >= 0.6 is 0 Å². The highest BCUT2D eigenvalue weighted by atomic mass is 16.3. The Morgan fingerprint density at radius 3 is 2.50 bits per heavy atom. The SMILES string of the molecule is C[C@]12CCC(=O)C=C1CC[C@H]1[C@H]2CC[C@@]2(C)[C@@H]1CC[C@]2(C)O. The molecule has 3 fully saturated rings. The molecule has 0 aromatic heterocycles. The van der Waals surface area contributed by atoms with E-state index >= 15 is 0 Å². The number of fused-ring (bicyclic) bond motifs is 5. The molecule has 22 heavy (non-hydrogen) atoms. The largest absolute Gasteiger partial charge is 0.390 e. The van der Waals surface area contributed by atoms with Gasteiger partial charge in [-0.3, -0.25) is 4.79 Å². The molecule has 0 amide bonds. The molecule has 0 aromatic rings. The Morgan fingerprint density at radius 2 is 1.73 bits per heavy atom. The first kappa shape index (κ1) is 14.9. The van der Waals surface area contributed by atoms with E-state index in [1.54, 1.807) is 0 Å². The van der Waals surface area contributed by atoms with Crippen molar-refractivity contribution in [3.05, 3.63) is 11.6 Å². The van der Waals surface area contributed by atoms with Crippen LogP contribution in [0.4, 0.5) is 0 Å². The van der Waals surface area contributed by atoms with Gasteiger partial charge in [0, 0.05) is 6.42 Å². The van der Waals surface area contributed by atoms with Crippen LogP contribution in [0.25, 0.3) is 0 Å². The minimum absolute atomic E-state index is 0.107. The van der Waals surface area contributed by atoms with Gasteiger partial charge in [-0.05, 0) is 86.5 Å². The predicted octanol–water partition coefficient (Wildman–Crippen LogP) is 4.27. The third kappa shape index (κ3) is 1.74. The molecule has 3 saturated carbocycles. The van der Waals surface area contributed by atoms with Gasteiger partial charge in [0.15, 0.2) is 5.78 Å². The van der Waals surface area contributed by atoms with Crippen molar-refractivity contribution < 1.29 is 9.90 Å². The number of hydrogen-bond acceptors (Lipinski definition) is 2. The molecule has 0 unspecified atom stereocenters. The van der Waals surface area contributed by atoms with Gasteiger partial charge in [-0.15, -0.1) is 0 Å². The van der Waals surface area contributed by atoms with Gasteiger partial charge in [0.1, 0.15) is 0 Å². The molecular weight excluding hydrogens is 272 g/mol. The van der Waals surface area contributed by atoms with Gasteiger partial charge >= 0.3 is 0 Å². The van der Waals surface area contributed by atoms with Gasteiger partial charge in [0.2, 0.25) is 0 Å². The zero-order valence-corrected chi connectivity index (χ0v) is 14.3. The molecule has 0 aromatic carbocycles. The van der Waals surface area contributed by atoms with Crippen molar-refractivity contribution in [1.82, 2.24) is 0 Å². The fraction of sp³-hybridized carbons (Fsp3) is 0.850. The van der Waals surface area contributed by atoms with Crippen LogP contribution in [-0.4, -0.2) is 16.5 Å². The zero-order chi connectivity index (χ0) is 15.8. The van der Waals surface area contributed by atoms with E-state index in [9.17, 15) is 9.90 Å². The van der Waals surface area contributed by atoms with Crippen LogP contribution in [0.15, 0.2) is 11.6 Å². The zero-order valence-electron chi connectivity index (χ0n) is 14.3. The van der Waals surface area contributed by atoms with Gasteiger partial charge in [0.05, 0.1) is 5.60 Å². The number of ketones is 1.